The predicted molar refractivity (Wildman–Crippen MR) is 109 cm³/mol. The summed E-state index contributed by atoms with van der Waals surface area (Å²) in [6.07, 6.45) is 3.45. The number of piperazine rings is 1. The summed E-state index contributed by atoms with van der Waals surface area (Å²) >= 11 is 0. The van der Waals surface area contributed by atoms with Gasteiger partial charge in [0.2, 0.25) is 0 Å². The van der Waals surface area contributed by atoms with Gasteiger partial charge in [0.25, 0.3) is 0 Å². The molecule has 0 bridgehead atoms. The fourth-order valence-corrected chi connectivity index (χ4v) is 4.03. The molecule has 28 heavy (non-hydrogen) atoms. The summed E-state index contributed by atoms with van der Waals surface area (Å²) in [4.78, 5) is 13.5. The van der Waals surface area contributed by atoms with Crippen LogP contribution >= 0.6 is 0 Å². The fraction of sp³-hybridized carbons (Fsp3) is 0.286. The number of hydrogen-bond acceptors (Lipinski definition) is 6. The van der Waals surface area contributed by atoms with E-state index >= 15 is 0 Å². The molecule has 0 radical (unpaired) electrons. The molecular weight excluding hydrogens is 352 g/mol. The lowest BCUT2D eigenvalue weighted by Crippen LogP contribution is -2.46. The Kier molecular flexibility index (Phi) is 4.09. The maximum Gasteiger partial charge on any atom is 0.163 e. The Labute approximate surface area is 162 Å². The first-order valence-corrected chi connectivity index (χ1v) is 9.50. The van der Waals surface area contributed by atoms with E-state index in [-0.39, 0.29) is 0 Å². The highest BCUT2D eigenvalue weighted by Crippen LogP contribution is 2.29. The molecule has 1 fully saturated rings. The van der Waals surface area contributed by atoms with Crippen LogP contribution in [0.2, 0.25) is 0 Å². The molecule has 2 aromatic carbocycles. The smallest absolute Gasteiger partial charge is 0.163 e. The Morgan fingerprint density at radius 1 is 0.964 bits per heavy atom. The highest BCUT2D eigenvalue weighted by molar-refractivity contribution is 5.88. The average molecular weight is 374 g/mol. The molecule has 0 saturated carbocycles. The first-order valence-electron chi connectivity index (χ1n) is 9.50. The van der Waals surface area contributed by atoms with Gasteiger partial charge in [0.05, 0.1) is 11.6 Å². The van der Waals surface area contributed by atoms with Crippen LogP contribution in [0.15, 0.2) is 48.9 Å². The number of aromatic hydroxyl groups is 1. The third kappa shape index (κ3) is 2.84. The summed E-state index contributed by atoms with van der Waals surface area (Å²) in [7, 11) is 1.90. The van der Waals surface area contributed by atoms with Crippen molar-refractivity contribution in [3.8, 4) is 5.75 Å². The van der Waals surface area contributed by atoms with Crippen molar-refractivity contribution in [1.29, 1.82) is 0 Å². The minimum absolute atomic E-state index is 0.369. The third-order valence-electron chi connectivity index (χ3n) is 5.58. The normalized spacial score (nSPS) is 15.5. The van der Waals surface area contributed by atoms with Gasteiger partial charge in [0, 0.05) is 45.3 Å². The van der Waals surface area contributed by atoms with Gasteiger partial charge in [-0.2, -0.15) is 5.10 Å². The second kappa shape index (κ2) is 6.76. The maximum absolute atomic E-state index is 10.4. The van der Waals surface area contributed by atoms with Gasteiger partial charge < -0.3 is 10.0 Å². The lowest BCUT2D eigenvalue weighted by atomic mass is 10.0. The summed E-state index contributed by atoms with van der Waals surface area (Å²) in [5.41, 5.74) is 1.86. The standard InChI is InChI=1S/C21H22N6O/c1-25-20-17(12-24-25)21(23-14-22-20)27-10-8-26(9-11-27)13-18-16-5-3-2-4-15(16)6-7-19(18)28/h2-7,12,14,28H,8-11,13H2,1H3. The molecule has 4 aromatic rings. The summed E-state index contributed by atoms with van der Waals surface area (Å²) in [6.45, 7) is 4.33. The highest BCUT2D eigenvalue weighted by atomic mass is 16.3. The molecule has 0 spiro atoms. The van der Waals surface area contributed by atoms with E-state index in [0.717, 1.165) is 65.9 Å². The number of phenols is 1. The van der Waals surface area contributed by atoms with Crippen molar-refractivity contribution >= 4 is 27.6 Å². The summed E-state index contributed by atoms with van der Waals surface area (Å²) in [5, 5.41) is 18.0. The van der Waals surface area contributed by atoms with Gasteiger partial charge in [-0.1, -0.05) is 30.3 Å². The van der Waals surface area contributed by atoms with Crippen LogP contribution in [0.25, 0.3) is 21.8 Å². The molecule has 0 unspecified atom stereocenters. The van der Waals surface area contributed by atoms with E-state index in [1.165, 1.54) is 0 Å². The number of rotatable bonds is 3. The Balaban J connectivity index is 1.35. The molecule has 7 nitrogen and oxygen atoms in total. The molecule has 142 valence electrons. The van der Waals surface area contributed by atoms with Crippen molar-refractivity contribution in [3.63, 3.8) is 0 Å². The Morgan fingerprint density at radius 2 is 1.79 bits per heavy atom. The number of phenolic OH excluding ortho intramolecular Hbond substituents is 1. The zero-order chi connectivity index (χ0) is 19.1. The number of hydrogen-bond donors (Lipinski definition) is 1. The molecule has 0 amide bonds. The SMILES string of the molecule is Cn1ncc2c(N3CCN(Cc4c(O)ccc5ccccc45)CC3)ncnc21. The molecule has 5 rings (SSSR count). The summed E-state index contributed by atoms with van der Waals surface area (Å²) in [5.74, 6) is 1.32. The molecule has 1 N–H and O–H groups in total. The second-order valence-corrected chi connectivity index (χ2v) is 7.25. The highest BCUT2D eigenvalue weighted by Gasteiger charge is 2.22. The number of anilines is 1. The van der Waals surface area contributed by atoms with Crippen LogP contribution < -0.4 is 4.90 Å². The minimum atomic E-state index is 0.369. The van der Waals surface area contributed by atoms with Crippen molar-refractivity contribution in [2.45, 2.75) is 6.54 Å². The first-order chi connectivity index (χ1) is 13.7. The van der Waals surface area contributed by atoms with Gasteiger partial charge in [0.1, 0.15) is 17.9 Å². The van der Waals surface area contributed by atoms with Crippen LogP contribution in [0.1, 0.15) is 5.56 Å². The lowest BCUT2D eigenvalue weighted by molar-refractivity contribution is 0.247. The van der Waals surface area contributed by atoms with Crippen molar-refractivity contribution in [2.24, 2.45) is 7.05 Å². The molecular formula is C21H22N6O. The van der Waals surface area contributed by atoms with Crippen LogP contribution in [-0.4, -0.2) is 55.9 Å². The lowest BCUT2D eigenvalue weighted by Gasteiger charge is -2.35. The first kappa shape index (κ1) is 16.9. The molecule has 0 aliphatic carbocycles. The molecule has 1 aliphatic heterocycles. The summed E-state index contributed by atoms with van der Waals surface area (Å²) in [6, 6.07) is 12.0. The Hall–Kier alpha value is -3.19. The van der Waals surface area contributed by atoms with Gasteiger partial charge in [0.15, 0.2) is 5.65 Å². The van der Waals surface area contributed by atoms with Crippen LogP contribution in [0.5, 0.6) is 5.75 Å². The minimum Gasteiger partial charge on any atom is -0.508 e. The quantitative estimate of drug-likeness (QED) is 0.594. The van der Waals surface area contributed by atoms with Gasteiger partial charge >= 0.3 is 0 Å². The van der Waals surface area contributed by atoms with E-state index < -0.39 is 0 Å². The number of nitrogens with zero attached hydrogens (tertiary/aromatic N) is 6. The van der Waals surface area contributed by atoms with Crippen molar-refractivity contribution in [1.82, 2.24) is 24.6 Å². The van der Waals surface area contributed by atoms with Crippen molar-refractivity contribution in [2.75, 3.05) is 31.1 Å². The van der Waals surface area contributed by atoms with E-state index in [0.29, 0.717) is 5.75 Å². The van der Waals surface area contributed by atoms with Crippen molar-refractivity contribution in [3.05, 3.63) is 54.5 Å². The molecule has 3 heterocycles. The van der Waals surface area contributed by atoms with E-state index in [9.17, 15) is 5.11 Å². The topological polar surface area (TPSA) is 70.3 Å². The molecule has 1 saturated heterocycles. The van der Waals surface area contributed by atoms with Crippen molar-refractivity contribution < 1.29 is 5.11 Å². The zero-order valence-electron chi connectivity index (χ0n) is 15.8. The largest absolute Gasteiger partial charge is 0.508 e. The third-order valence-corrected chi connectivity index (χ3v) is 5.58. The second-order valence-electron chi connectivity index (χ2n) is 7.25. The molecule has 1 aliphatic rings. The summed E-state index contributed by atoms with van der Waals surface area (Å²) < 4.78 is 1.78. The number of benzene rings is 2. The number of aromatic nitrogens is 4. The number of fused-ring (bicyclic) bond motifs is 2. The number of aryl methyl sites for hydroxylation is 1. The van der Waals surface area contributed by atoms with Crippen LogP contribution in [0, 0.1) is 0 Å². The van der Waals surface area contributed by atoms with Crippen LogP contribution in [-0.2, 0) is 13.6 Å². The Bertz CT molecular complexity index is 1150. The van der Waals surface area contributed by atoms with Gasteiger partial charge in [-0.3, -0.25) is 9.58 Å². The maximum atomic E-state index is 10.4. The van der Waals surface area contributed by atoms with Gasteiger partial charge in [-0.05, 0) is 16.8 Å². The van der Waals surface area contributed by atoms with Crippen LogP contribution in [0.4, 0.5) is 5.82 Å². The van der Waals surface area contributed by atoms with E-state index in [2.05, 4.69) is 37.0 Å². The monoisotopic (exact) mass is 374 g/mol. The molecule has 7 heteroatoms. The van der Waals surface area contributed by atoms with E-state index in [1.54, 1.807) is 17.1 Å². The zero-order valence-corrected chi connectivity index (χ0v) is 15.8. The van der Waals surface area contributed by atoms with Gasteiger partial charge in [-0.15, -0.1) is 0 Å². The van der Waals surface area contributed by atoms with E-state index in [4.69, 9.17) is 0 Å². The Morgan fingerprint density at radius 3 is 2.64 bits per heavy atom. The van der Waals surface area contributed by atoms with E-state index in [1.807, 2.05) is 31.4 Å². The van der Waals surface area contributed by atoms with Crippen LogP contribution in [0.3, 0.4) is 0 Å². The molecule has 2 aromatic heterocycles. The van der Waals surface area contributed by atoms with Gasteiger partial charge in [-0.25, -0.2) is 9.97 Å². The average Bonchev–Trinajstić information content (AvgIpc) is 3.12. The molecule has 0 atom stereocenters. The predicted octanol–water partition coefficient (Wildman–Crippen LogP) is 2.54. The fourth-order valence-electron chi connectivity index (χ4n) is 4.03.